The van der Waals surface area contributed by atoms with E-state index in [0.717, 1.165) is 12.8 Å². The molecule has 0 spiro atoms. The number of hydrogen-bond donors (Lipinski definition) is 1. The Morgan fingerprint density at radius 2 is 2.11 bits per heavy atom. The highest BCUT2D eigenvalue weighted by atomic mass is 16.1. The molecule has 102 valence electrons. The Hall–Kier alpha value is -1.77. The van der Waals surface area contributed by atoms with Gasteiger partial charge in [-0.1, -0.05) is 25.1 Å². The van der Waals surface area contributed by atoms with E-state index in [1.165, 1.54) is 16.5 Å². The summed E-state index contributed by atoms with van der Waals surface area (Å²) in [5.41, 5.74) is 2.60. The molecule has 1 heterocycles. The van der Waals surface area contributed by atoms with Crippen LogP contribution in [0.1, 0.15) is 38.8 Å². The molecule has 2 aromatic rings. The lowest BCUT2D eigenvalue weighted by molar-refractivity contribution is -0.118. The summed E-state index contributed by atoms with van der Waals surface area (Å²) in [6.07, 6.45) is 4.23. The molecule has 0 aliphatic heterocycles. The zero-order valence-corrected chi connectivity index (χ0v) is 11.9. The van der Waals surface area contributed by atoms with Gasteiger partial charge in [-0.2, -0.15) is 0 Å². The van der Waals surface area contributed by atoms with E-state index in [4.69, 9.17) is 0 Å². The minimum atomic E-state index is 0.0330. The maximum absolute atomic E-state index is 10.9. The second kappa shape index (κ2) is 5.91. The largest absolute Gasteiger partial charge is 0.356 e. The highest BCUT2D eigenvalue weighted by Crippen LogP contribution is 2.26. The summed E-state index contributed by atoms with van der Waals surface area (Å²) in [5, 5.41) is 4.16. The van der Waals surface area contributed by atoms with Gasteiger partial charge in [-0.05, 0) is 31.4 Å². The third kappa shape index (κ3) is 2.98. The van der Waals surface area contributed by atoms with E-state index < -0.39 is 0 Å². The van der Waals surface area contributed by atoms with Crippen LogP contribution in [0.15, 0.2) is 30.5 Å². The highest BCUT2D eigenvalue weighted by Gasteiger charge is 2.11. The molecule has 0 aliphatic carbocycles. The number of amides is 1. The van der Waals surface area contributed by atoms with Crippen molar-refractivity contribution < 1.29 is 4.79 Å². The molecule has 1 aromatic carbocycles. The maximum Gasteiger partial charge on any atom is 0.216 e. The minimum absolute atomic E-state index is 0.0330. The van der Waals surface area contributed by atoms with Crippen molar-refractivity contribution >= 4 is 16.8 Å². The van der Waals surface area contributed by atoms with E-state index in [9.17, 15) is 4.79 Å². The van der Waals surface area contributed by atoms with Crippen LogP contribution in [0.4, 0.5) is 0 Å². The number of para-hydroxylation sites is 1. The number of carbonyl (C=O) groups is 1. The summed E-state index contributed by atoms with van der Waals surface area (Å²) in [7, 11) is 0. The number of rotatable bonds is 5. The van der Waals surface area contributed by atoms with Gasteiger partial charge >= 0.3 is 0 Å². The SMILES string of the molecule is CCC(C)n1cc(CCNC(C)=O)c2ccccc21. The van der Waals surface area contributed by atoms with Gasteiger partial charge in [-0.15, -0.1) is 0 Å². The topological polar surface area (TPSA) is 34.0 Å². The Balaban J connectivity index is 2.30. The van der Waals surface area contributed by atoms with Gasteiger partial charge in [0.2, 0.25) is 5.91 Å². The highest BCUT2D eigenvalue weighted by molar-refractivity contribution is 5.84. The summed E-state index contributed by atoms with van der Waals surface area (Å²) < 4.78 is 2.35. The molecule has 0 radical (unpaired) electrons. The van der Waals surface area contributed by atoms with Gasteiger partial charge in [0, 0.05) is 36.6 Å². The molecule has 1 unspecified atom stereocenters. The average molecular weight is 258 g/mol. The molecule has 1 aromatic heterocycles. The lowest BCUT2D eigenvalue weighted by atomic mass is 10.1. The standard InChI is InChI=1S/C16H22N2O/c1-4-12(2)18-11-14(9-10-17-13(3)19)15-7-5-6-8-16(15)18/h5-8,11-12H,4,9-10H2,1-3H3,(H,17,19). The van der Waals surface area contributed by atoms with Crippen LogP contribution in [-0.2, 0) is 11.2 Å². The van der Waals surface area contributed by atoms with Gasteiger partial charge < -0.3 is 9.88 Å². The van der Waals surface area contributed by atoms with Crippen molar-refractivity contribution in [2.75, 3.05) is 6.54 Å². The van der Waals surface area contributed by atoms with Gasteiger partial charge in [0.15, 0.2) is 0 Å². The first-order valence-electron chi connectivity index (χ1n) is 6.96. The fourth-order valence-electron chi connectivity index (χ4n) is 2.41. The first kappa shape index (κ1) is 13.7. The van der Waals surface area contributed by atoms with E-state index in [1.807, 2.05) is 0 Å². The van der Waals surface area contributed by atoms with Crippen molar-refractivity contribution in [1.29, 1.82) is 0 Å². The third-order valence-electron chi connectivity index (χ3n) is 3.66. The molecule has 0 aliphatic rings. The molecule has 1 amide bonds. The van der Waals surface area contributed by atoms with Crippen LogP contribution >= 0.6 is 0 Å². The van der Waals surface area contributed by atoms with E-state index in [2.05, 4.69) is 54.2 Å². The summed E-state index contributed by atoms with van der Waals surface area (Å²) in [5.74, 6) is 0.0330. The van der Waals surface area contributed by atoms with Crippen molar-refractivity contribution in [2.24, 2.45) is 0 Å². The fraction of sp³-hybridized carbons (Fsp3) is 0.438. The quantitative estimate of drug-likeness (QED) is 0.877. The number of benzene rings is 1. The van der Waals surface area contributed by atoms with E-state index in [1.54, 1.807) is 6.92 Å². The molecule has 0 saturated carbocycles. The monoisotopic (exact) mass is 258 g/mol. The Morgan fingerprint density at radius 3 is 2.79 bits per heavy atom. The van der Waals surface area contributed by atoms with E-state index >= 15 is 0 Å². The molecule has 0 saturated heterocycles. The van der Waals surface area contributed by atoms with Crippen LogP contribution in [-0.4, -0.2) is 17.0 Å². The van der Waals surface area contributed by atoms with Crippen LogP contribution in [0.25, 0.3) is 10.9 Å². The first-order valence-corrected chi connectivity index (χ1v) is 6.96. The Morgan fingerprint density at radius 1 is 1.37 bits per heavy atom. The lowest BCUT2D eigenvalue weighted by Gasteiger charge is -2.12. The Kier molecular flexibility index (Phi) is 4.25. The number of nitrogens with one attached hydrogen (secondary N) is 1. The van der Waals surface area contributed by atoms with Gasteiger partial charge in [0.05, 0.1) is 0 Å². The van der Waals surface area contributed by atoms with Crippen LogP contribution in [0.3, 0.4) is 0 Å². The third-order valence-corrected chi connectivity index (χ3v) is 3.66. The van der Waals surface area contributed by atoms with Crippen molar-refractivity contribution in [3.05, 3.63) is 36.0 Å². The van der Waals surface area contributed by atoms with Gasteiger partial charge in [0.25, 0.3) is 0 Å². The smallest absolute Gasteiger partial charge is 0.216 e. The maximum atomic E-state index is 10.9. The van der Waals surface area contributed by atoms with Crippen LogP contribution < -0.4 is 5.32 Å². The number of hydrogen-bond acceptors (Lipinski definition) is 1. The Labute approximate surface area is 114 Å². The Bertz CT molecular complexity index is 571. The predicted octanol–water partition coefficient (Wildman–Crippen LogP) is 3.29. The van der Waals surface area contributed by atoms with E-state index in [0.29, 0.717) is 12.6 Å². The van der Waals surface area contributed by atoms with Crippen molar-refractivity contribution in [2.45, 2.75) is 39.7 Å². The molecular weight excluding hydrogens is 236 g/mol. The zero-order chi connectivity index (χ0) is 13.8. The number of nitrogens with zero attached hydrogens (tertiary/aromatic N) is 1. The van der Waals surface area contributed by atoms with Crippen LogP contribution in [0.2, 0.25) is 0 Å². The summed E-state index contributed by atoms with van der Waals surface area (Å²) >= 11 is 0. The summed E-state index contributed by atoms with van der Waals surface area (Å²) in [4.78, 5) is 10.9. The number of aromatic nitrogens is 1. The van der Waals surface area contributed by atoms with Crippen molar-refractivity contribution in [3.63, 3.8) is 0 Å². The molecule has 3 nitrogen and oxygen atoms in total. The molecule has 1 N–H and O–H groups in total. The summed E-state index contributed by atoms with van der Waals surface area (Å²) in [6.45, 7) is 6.70. The molecule has 0 bridgehead atoms. The first-order chi connectivity index (χ1) is 9.13. The summed E-state index contributed by atoms with van der Waals surface area (Å²) in [6, 6.07) is 8.99. The van der Waals surface area contributed by atoms with Gasteiger partial charge in [-0.3, -0.25) is 4.79 Å². The number of carbonyl (C=O) groups excluding carboxylic acids is 1. The molecule has 19 heavy (non-hydrogen) atoms. The van der Waals surface area contributed by atoms with E-state index in [-0.39, 0.29) is 5.91 Å². The molecular formula is C16H22N2O. The van der Waals surface area contributed by atoms with Crippen LogP contribution in [0, 0.1) is 0 Å². The van der Waals surface area contributed by atoms with Crippen LogP contribution in [0.5, 0.6) is 0 Å². The van der Waals surface area contributed by atoms with Gasteiger partial charge in [-0.25, -0.2) is 0 Å². The second-order valence-corrected chi connectivity index (χ2v) is 5.07. The molecule has 1 atom stereocenters. The lowest BCUT2D eigenvalue weighted by Crippen LogP contribution is -2.22. The molecule has 3 heteroatoms. The van der Waals surface area contributed by atoms with Crippen molar-refractivity contribution in [1.82, 2.24) is 9.88 Å². The molecule has 2 rings (SSSR count). The predicted molar refractivity (Wildman–Crippen MR) is 79.3 cm³/mol. The van der Waals surface area contributed by atoms with Crippen molar-refractivity contribution in [3.8, 4) is 0 Å². The second-order valence-electron chi connectivity index (χ2n) is 5.07. The van der Waals surface area contributed by atoms with Gasteiger partial charge in [0.1, 0.15) is 0 Å². The average Bonchev–Trinajstić information content (AvgIpc) is 2.77. The normalized spacial score (nSPS) is 12.6. The number of fused-ring (bicyclic) bond motifs is 1. The zero-order valence-electron chi connectivity index (χ0n) is 11.9. The fourth-order valence-corrected chi connectivity index (χ4v) is 2.41. The molecule has 0 fully saturated rings. The minimum Gasteiger partial charge on any atom is -0.356 e.